The van der Waals surface area contributed by atoms with Gasteiger partial charge in [-0.3, -0.25) is 4.90 Å². The van der Waals surface area contributed by atoms with Gasteiger partial charge in [-0.15, -0.1) is 11.3 Å². The van der Waals surface area contributed by atoms with E-state index in [2.05, 4.69) is 25.7 Å². The molecule has 0 radical (unpaired) electrons. The van der Waals surface area contributed by atoms with Crippen molar-refractivity contribution in [2.45, 2.75) is 37.8 Å². The van der Waals surface area contributed by atoms with Crippen molar-refractivity contribution in [1.29, 1.82) is 0 Å². The first-order valence-corrected chi connectivity index (χ1v) is 9.01. The van der Waals surface area contributed by atoms with E-state index < -0.39 is 10.0 Å². The number of rotatable bonds is 3. The molecule has 20 heavy (non-hydrogen) atoms. The van der Waals surface area contributed by atoms with E-state index in [-0.39, 0.29) is 17.0 Å². The molecule has 1 aromatic rings. The average Bonchev–Trinajstić information content (AvgIpc) is 2.87. The number of aliphatic hydroxyl groups excluding tert-OH is 1. The number of hydrogen-bond acceptors (Lipinski definition) is 5. The normalized spacial score (nSPS) is 19.4. The predicted molar refractivity (Wildman–Crippen MR) is 80.3 cm³/mol. The van der Waals surface area contributed by atoms with Crippen molar-refractivity contribution >= 4 is 21.4 Å². The van der Waals surface area contributed by atoms with Crippen LogP contribution in [0.15, 0.2) is 16.3 Å². The van der Waals surface area contributed by atoms with E-state index in [1.165, 1.54) is 15.6 Å². The standard InChI is InChI=1S/C13H22N2O3S2/c1-13(2,3)14-5-7-15(8-6-14)20(17,18)12-4-9-19-11(12)10-16/h4,9,16H,5-8,10H2,1-3H3. The lowest BCUT2D eigenvalue weighted by molar-refractivity contribution is 0.0921. The van der Waals surface area contributed by atoms with Gasteiger partial charge in [-0.25, -0.2) is 8.42 Å². The molecule has 0 aromatic carbocycles. The molecule has 1 aliphatic heterocycles. The van der Waals surface area contributed by atoms with E-state index in [1.807, 2.05) is 0 Å². The smallest absolute Gasteiger partial charge is 0.244 e. The lowest BCUT2D eigenvalue weighted by Crippen LogP contribution is -2.54. The minimum atomic E-state index is -3.47. The summed E-state index contributed by atoms with van der Waals surface area (Å²) in [5, 5.41) is 10.9. The third kappa shape index (κ3) is 3.07. The van der Waals surface area contributed by atoms with Crippen molar-refractivity contribution in [3.63, 3.8) is 0 Å². The van der Waals surface area contributed by atoms with Gasteiger partial charge in [0, 0.05) is 36.6 Å². The summed E-state index contributed by atoms with van der Waals surface area (Å²) in [6.45, 7) is 8.66. The molecule has 0 spiro atoms. The number of aliphatic hydroxyl groups is 1. The number of piperazine rings is 1. The van der Waals surface area contributed by atoms with Crippen LogP contribution in [0.1, 0.15) is 25.6 Å². The first-order valence-electron chi connectivity index (χ1n) is 6.69. The van der Waals surface area contributed by atoms with Crippen LogP contribution in [0.25, 0.3) is 0 Å². The van der Waals surface area contributed by atoms with E-state index in [0.717, 1.165) is 13.1 Å². The number of hydrogen-bond donors (Lipinski definition) is 1. The second-order valence-corrected chi connectivity index (χ2v) is 8.84. The SMILES string of the molecule is CC(C)(C)N1CCN(S(=O)(=O)c2ccsc2CO)CC1. The van der Waals surface area contributed by atoms with Crippen LogP contribution in [-0.4, -0.2) is 54.4 Å². The summed E-state index contributed by atoms with van der Waals surface area (Å²) >= 11 is 1.28. The maximum absolute atomic E-state index is 12.6. The fraction of sp³-hybridized carbons (Fsp3) is 0.692. The lowest BCUT2D eigenvalue weighted by atomic mass is 10.1. The Morgan fingerprint density at radius 3 is 2.35 bits per heavy atom. The molecule has 0 amide bonds. The maximum atomic E-state index is 12.6. The van der Waals surface area contributed by atoms with Crippen LogP contribution in [0.4, 0.5) is 0 Å². The fourth-order valence-electron chi connectivity index (χ4n) is 2.41. The van der Waals surface area contributed by atoms with Gasteiger partial charge in [0.15, 0.2) is 0 Å². The minimum Gasteiger partial charge on any atom is -0.391 e. The van der Waals surface area contributed by atoms with Gasteiger partial charge in [0.1, 0.15) is 0 Å². The summed E-state index contributed by atoms with van der Waals surface area (Å²) in [6, 6.07) is 1.59. The highest BCUT2D eigenvalue weighted by atomic mass is 32.2. The Labute approximate surface area is 124 Å². The summed E-state index contributed by atoms with van der Waals surface area (Å²) in [4.78, 5) is 3.07. The van der Waals surface area contributed by atoms with Gasteiger partial charge < -0.3 is 5.11 Å². The zero-order chi connectivity index (χ0) is 15.0. The Morgan fingerprint density at radius 2 is 1.85 bits per heavy atom. The average molecular weight is 318 g/mol. The quantitative estimate of drug-likeness (QED) is 0.914. The van der Waals surface area contributed by atoms with Crippen LogP contribution >= 0.6 is 11.3 Å². The van der Waals surface area contributed by atoms with Gasteiger partial charge in [0.2, 0.25) is 10.0 Å². The molecule has 1 aromatic heterocycles. The van der Waals surface area contributed by atoms with Crippen LogP contribution in [0, 0.1) is 0 Å². The first-order chi connectivity index (χ1) is 9.26. The van der Waals surface area contributed by atoms with Crippen LogP contribution in [-0.2, 0) is 16.6 Å². The van der Waals surface area contributed by atoms with Crippen molar-refractivity contribution in [3.8, 4) is 0 Å². The molecule has 7 heteroatoms. The summed E-state index contributed by atoms with van der Waals surface area (Å²) in [5.41, 5.74) is 0.0640. The highest BCUT2D eigenvalue weighted by Crippen LogP contribution is 2.27. The molecule has 0 atom stereocenters. The molecule has 5 nitrogen and oxygen atoms in total. The Bertz CT molecular complexity index is 552. The lowest BCUT2D eigenvalue weighted by Gasteiger charge is -2.41. The monoisotopic (exact) mass is 318 g/mol. The molecule has 2 rings (SSSR count). The maximum Gasteiger partial charge on any atom is 0.244 e. The number of thiophene rings is 1. The molecule has 1 saturated heterocycles. The Balaban J connectivity index is 2.14. The van der Waals surface area contributed by atoms with Gasteiger partial charge in [-0.05, 0) is 32.2 Å². The van der Waals surface area contributed by atoms with Gasteiger partial charge in [-0.1, -0.05) is 0 Å². The predicted octanol–water partition coefficient (Wildman–Crippen LogP) is 1.35. The van der Waals surface area contributed by atoms with E-state index in [4.69, 9.17) is 0 Å². The Kier molecular flexibility index (Phi) is 4.56. The molecular formula is C13H22N2O3S2. The minimum absolute atomic E-state index is 0.0640. The molecule has 2 heterocycles. The van der Waals surface area contributed by atoms with E-state index >= 15 is 0 Å². The van der Waals surface area contributed by atoms with E-state index in [0.29, 0.717) is 18.0 Å². The molecule has 1 N–H and O–H groups in total. The molecule has 1 fully saturated rings. The van der Waals surface area contributed by atoms with Crippen molar-refractivity contribution < 1.29 is 13.5 Å². The molecular weight excluding hydrogens is 296 g/mol. The second-order valence-electron chi connectivity index (χ2n) is 5.93. The molecule has 0 saturated carbocycles. The molecule has 1 aliphatic rings. The number of nitrogens with zero attached hydrogens (tertiary/aromatic N) is 2. The van der Waals surface area contributed by atoms with Gasteiger partial charge in [0.05, 0.1) is 11.5 Å². The van der Waals surface area contributed by atoms with Gasteiger partial charge in [0.25, 0.3) is 0 Å². The van der Waals surface area contributed by atoms with Gasteiger partial charge in [-0.2, -0.15) is 4.31 Å². The molecule has 0 bridgehead atoms. The zero-order valence-corrected chi connectivity index (χ0v) is 13.8. The third-order valence-corrected chi connectivity index (χ3v) is 6.67. The summed E-state index contributed by atoms with van der Waals surface area (Å²) in [7, 11) is -3.47. The number of sulfonamides is 1. The molecule has 0 aliphatic carbocycles. The third-order valence-electron chi connectivity index (χ3n) is 3.65. The van der Waals surface area contributed by atoms with Gasteiger partial charge >= 0.3 is 0 Å². The Morgan fingerprint density at radius 1 is 1.25 bits per heavy atom. The van der Waals surface area contributed by atoms with Crippen LogP contribution < -0.4 is 0 Å². The van der Waals surface area contributed by atoms with Crippen molar-refractivity contribution in [2.24, 2.45) is 0 Å². The second kappa shape index (κ2) is 5.73. The van der Waals surface area contributed by atoms with Crippen molar-refractivity contribution in [1.82, 2.24) is 9.21 Å². The molecule has 114 valence electrons. The zero-order valence-electron chi connectivity index (χ0n) is 12.2. The Hall–Kier alpha value is -0.470. The fourth-order valence-corrected chi connectivity index (χ4v) is 5.10. The van der Waals surface area contributed by atoms with Crippen LogP contribution in [0.2, 0.25) is 0 Å². The van der Waals surface area contributed by atoms with Crippen LogP contribution in [0.3, 0.4) is 0 Å². The van der Waals surface area contributed by atoms with E-state index in [9.17, 15) is 13.5 Å². The summed E-state index contributed by atoms with van der Waals surface area (Å²) in [5.74, 6) is 0. The topological polar surface area (TPSA) is 60.9 Å². The van der Waals surface area contributed by atoms with Crippen molar-refractivity contribution in [3.05, 3.63) is 16.3 Å². The highest BCUT2D eigenvalue weighted by molar-refractivity contribution is 7.89. The first kappa shape index (κ1) is 15.9. The largest absolute Gasteiger partial charge is 0.391 e. The van der Waals surface area contributed by atoms with E-state index in [1.54, 1.807) is 11.4 Å². The molecule has 0 unspecified atom stereocenters. The summed E-state index contributed by atoms with van der Waals surface area (Å²) < 4.78 is 26.7. The summed E-state index contributed by atoms with van der Waals surface area (Å²) in [6.07, 6.45) is 0. The van der Waals surface area contributed by atoms with Crippen LogP contribution in [0.5, 0.6) is 0 Å². The van der Waals surface area contributed by atoms with Crippen molar-refractivity contribution in [2.75, 3.05) is 26.2 Å². The highest BCUT2D eigenvalue weighted by Gasteiger charge is 2.33.